The van der Waals surface area contributed by atoms with Gasteiger partial charge in [0.15, 0.2) is 0 Å². The van der Waals surface area contributed by atoms with Crippen LogP contribution in [-0.2, 0) is 21.9 Å². The maximum Gasteiger partial charge on any atom is 0.240 e. The number of carbonyl (C=O) groups excluding carboxylic acids is 1. The number of imidazole rings is 1. The molecule has 4 rings (SSSR count). The number of nitrogens with one attached hydrogen (secondary N) is 2. The van der Waals surface area contributed by atoms with E-state index in [0.29, 0.717) is 25.7 Å². The van der Waals surface area contributed by atoms with Crippen molar-refractivity contribution in [2.24, 2.45) is 13.0 Å². The Morgan fingerprint density at radius 1 is 1.06 bits per heavy atom. The first-order valence-electron chi connectivity index (χ1n) is 11.8. The van der Waals surface area contributed by atoms with Gasteiger partial charge in [-0.3, -0.25) is 4.79 Å². The van der Waals surface area contributed by atoms with Crippen LogP contribution in [0.3, 0.4) is 0 Å². The topological polar surface area (TPSA) is 93.1 Å². The zero-order valence-electron chi connectivity index (χ0n) is 20.2. The van der Waals surface area contributed by atoms with Crippen LogP contribution >= 0.6 is 0 Å². The maximum absolute atomic E-state index is 13.1. The molecule has 1 aromatic heterocycles. The van der Waals surface area contributed by atoms with Gasteiger partial charge in [-0.2, -0.15) is 0 Å². The molecule has 0 saturated heterocycles. The second-order valence-corrected chi connectivity index (χ2v) is 11.0. The van der Waals surface area contributed by atoms with E-state index in [9.17, 15) is 17.6 Å². The van der Waals surface area contributed by atoms with Gasteiger partial charge in [-0.1, -0.05) is 24.3 Å². The van der Waals surface area contributed by atoms with Crippen LogP contribution in [-0.4, -0.2) is 29.9 Å². The molecule has 2 aromatic carbocycles. The summed E-state index contributed by atoms with van der Waals surface area (Å²) >= 11 is 0. The fraction of sp³-hybridized carbons (Fsp3) is 0.385. The number of halogens is 1. The lowest BCUT2D eigenvalue weighted by Crippen LogP contribution is -2.41. The molecular formula is C26H31FN4O3S. The molecule has 35 heavy (non-hydrogen) atoms. The van der Waals surface area contributed by atoms with Crippen molar-refractivity contribution in [3.05, 3.63) is 71.9 Å². The van der Waals surface area contributed by atoms with Crippen LogP contribution in [0.25, 0.3) is 11.3 Å². The van der Waals surface area contributed by atoms with E-state index in [0.717, 1.165) is 22.6 Å². The second-order valence-electron chi connectivity index (χ2n) is 9.26. The number of carbonyl (C=O) groups is 1. The fourth-order valence-electron chi connectivity index (χ4n) is 4.43. The molecule has 186 valence electrons. The van der Waals surface area contributed by atoms with Gasteiger partial charge in [0.05, 0.1) is 16.6 Å². The Hall–Kier alpha value is -3.04. The van der Waals surface area contributed by atoms with Crippen molar-refractivity contribution < 1.29 is 17.6 Å². The van der Waals surface area contributed by atoms with Gasteiger partial charge in [0.2, 0.25) is 15.9 Å². The maximum atomic E-state index is 13.1. The summed E-state index contributed by atoms with van der Waals surface area (Å²) in [5.41, 5.74) is 2.49. The Balaban J connectivity index is 1.30. The molecule has 0 unspecified atom stereocenters. The Morgan fingerprint density at radius 3 is 2.26 bits per heavy atom. The van der Waals surface area contributed by atoms with Crippen molar-refractivity contribution in [2.75, 3.05) is 0 Å². The summed E-state index contributed by atoms with van der Waals surface area (Å²) in [6, 6.07) is 12.4. The van der Waals surface area contributed by atoms with Crippen LogP contribution < -0.4 is 10.0 Å². The molecule has 1 fully saturated rings. The third-order valence-corrected chi connectivity index (χ3v) is 8.25. The van der Waals surface area contributed by atoms with Crippen LogP contribution in [0.15, 0.2) is 59.6 Å². The summed E-state index contributed by atoms with van der Waals surface area (Å²) in [6.45, 7) is 3.78. The Labute approximate surface area is 205 Å². The van der Waals surface area contributed by atoms with Gasteiger partial charge in [0, 0.05) is 30.8 Å². The predicted octanol–water partition coefficient (Wildman–Crippen LogP) is 4.25. The highest BCUT2D eigenvalue weighted by Crippen LogP contribution is 2.27. The molecule has 1 aliphatic rings. The highest BCUT2D eigenvalue weighted by atomic mass is 32.2. The standard InChI is InChI=1S/C26H31FN4O3S/c1-17(19-4-10-22(27)11-5-19)28-26(32)21-6-12-23(13-7-21)30-35(33,34)24-14-8-20(9-15-24)25-16-31(3)18(2)29-25/h4-5,8-11,14-17,21,23,30H,6-7,12-13H2,1-3H3,(H,28,32)/t17-,21?,23?/m1/s1. The minimum absolute atomic E-state index is 0.0523. The Morgan fingerprint density at radius 2 is 1.69 bits per heavy atom. The van der Waals surface area contributed by atoms with Crippen molar-refractivity contribution >= 4 is 15.9 Å². The number of nitrogens with zero attached hydrogens (tertiary/aromatic N) is 2. The van der Waals surface area contributed by atoms with Crippen LogP contribution in [0.1, 0.15) is 50.0 Å². The minimum atomic E-state index is -3.66. The van der Waals surface area contributed by atoms with E-state index in [1.54, 1.807) is 36.4 Å². The first kappa shape index (κ1) is 25.1. The fourth-order valence-corrected chi connectivity index (χ4v) is 5.73. The molecule has 0 bridgehead atoms. The summed E-state index contributed by atoms with van der Waals surface area (Å²) in [7, 11) is -1.75. The van der Waals surface area contributed by atoms with Crippen LogP contribution in [0, 0.1) is 18.7 Å². The normalized spacial score (nSPS) is 19.3. The number of benzene rings is 2. The summed E-state index contributed by atoms with van der Waals surface area (Å²) in [5.74, 6) is 0.350. The summed E-state index contributed by atoms with van der Waals surface area (Å²) in [5, 5.41) is 2.99. The summed E-state index contributed by atoms with van der Waals surface area (Å²) in [6.07, 6.45) is 4.30. The van der Waals surface area contributed by atoms with Gasteiger partial charge < -0.3 is 9.88 Å². The third kappa shape index (κ3) is 5.97. The van der Waals surface area contributed by atoms with Gasteiger partial charge in [0.1, 0.15) is 11.6 Å². The number of sulfonamides is 1. The quantitative estimate of drug-likeness (QED) is 0.509. The van der Waals surface area contributed by atoms with Gasteiger partial charge >= 0.3 is 0 Å². The van der Waals surface area contributed by atoms with E-state index in [-0.39, 0.29) is 34.6 Å². The molecule has 0 aliphatic heterocycles. The van der Waals surface area contributed by atoms with Crippen molar-refractivity contribution in [3.8, 4) is 11.3 Å². The lowest BCUT2D eigenvalue weighted by molar-refractivity contribution is -0.126. The first-order valence-corrected chi connectivity index (χ1v) is 13.3. The molecule has 0 radical (unpaired) electrons. The lowest BCUT2D eigenvalue weighted by Gasteiger charge is -2.29. The lowest BCUT2D eigenvalue weighted by atomic mass is 9.85. The van der Waals surface area contributed by atoms with Crippen LogP contribution in [0.5, 0.6) is 0 Å². The molecule has 2 N–H and O–H groups in total. The first-order chi connectivity index (χ1) is 16.6. The van der Waals surface area contributed by atoms with Crippen molar-refractivity contribution in [2.45, 2.75) is 56.5 Å². The Bertz CT molecular complexity index is 1260. The monoisotopic (exact) mass is 498 g/mol. The van der Waals surface area contributed by atoms with Crippen LogP contribution in [0.2, 0.25) is 0 Å². The van der Waals surface area contributed by atoms with E-state index in [4.69, 9.17) is 0 Å². The van der Waals surface area contributed by atoms with Crippen molar-refractivity contribution in [1.29, 1.82) is 0 Å². The van der Waals surface area contributed by atoms with E-state index < -0.39 is 10.0 Å². The molecule has 1 saturated carbocycles. The zero-order valence-corrected chi connectivity index (χ0v) is 21.0. The number of rotatable bonds is 7. The summed E-state index contributed by atoms with van der Waals surface area (Å²) in [4.78, 5) is 17.4. The van der Waals surface area contributed by atoms with Gasteiger partial charge in [-0.05, 0) is 69.4 Å². The third-order valence-electron chi connectivity index (χ3n) is 6.72. The number of aromatic nitrogens is 2. The van der Waals surface area contributed by atoms with Crippen molar-refractivity contribution in [1.82, 2.24) is 19.6 Å². The Kier molecular flexibility index (Phi) is 7.37. The molecule has 3 aromatic rings. The van der Waals surface area contributed by atoms with Gasteiger partial charge in [-0.15, -0.1) is 0 Å². The minimum Gasteiger partial charge on any atom is -0.349 e. The molecule has 1 amide bonds. The molecule has 9 heteroatoms. The SMILES string of the molecule is Cc1nc(-c2ccc(S(=O)(=O)NC3CCC(C(=O)N[C@H](C)c4ccc(F)cc4)CC3)cc2)cn1C. The number of aryl methyl sites for hydroxylation is 2. The van der Waals surface area contributed by atoms with E-state index in [1.165, 1.54) is 12.1 Å². The molecular weight excluding hydrogens is 467 g/mol. The zero-order chi connectivity index (χ0) is 25.2. The van der Waals surface area contributed by atoms with Gasteiger partial charge in [0.25, 0.3) is 0 Å². The predicted molar refractivity (Wildman–Crippen MR) is 132 cm³/mol. The number of hydrogen-bond donors (Lipinski definition) is 2. The largest absolute Gasteiger partial charge is 0.349 e. The molecule has 0 spiro atoms. The smallest absolute Gasteiger partial charge is 0.240 e. The molecule has 7 nitrogen and oxygen atoms in total. The van der Waals surface area contributed by atoms with Crippen LogP contribution in [0.4, 0.5) is 4.39 Å². The number of amides is 1. The molecule has 1 heterocycles. The van der Waals surface area contributed by atoms with E-state index >= 15 is 0 Å². The van der Waals surface area contributed by atoms with Crippen molar-refractivity contribution in [3.63, 3.8) is 0 Å². The average Bonchev–Trinajstić information content (AvgIpc) is 3.18. The highest BCUT2D eigenvalue weighted by molar-refractivity contribution is 7.89. The highest BCUT2D eigenvalue weighted by Gasteiger charge is 2.29. The number of hydrogen-bond acceptors (Lipinski definition) is 4. The van der Waals surface area contributed by atoms with E-state index in [2.05, 4.69) is 15.0 Å². The average molecular weight is 499 g/mol. The van der Waals surface area contributed by atoms with Gasteiger partial charge in [-0.25, -0.2) is 22.5 Å². The molecule has 1 atom stereocenters. The molecule has 1 aliphatic carbocycles. The summed E-state index contributed by atoms with van der Waals surface area (Å²) < 4.78 is 43.7. The van der Waals surface area contributed by atoms with E-state index in [1.807, 2.05) is 31.7 Å². The second kappa shape index (κ2) is 10.3.